The van der Waals surface area contributed by atoms with Gasteiger partial charge in [-0.2, -0.15) is 0 Å². The molecule has 4 heteroatoms. The molecule has 0 atom stereocenters. The number of amides is 1. The fraction of sp³-hybridized carbons (Fsp3) is 0.238. The van der Waals surface area contributed by atoms with E-state index in [1.807, 2.05) is 60.7 Å². The van der Waals surface area contributed by atoms with Crippen LogP contribution >= 0.6 is 0 Å². The highest BCUT2D eigenvalue weighted by Crippen LogP contribution is 2.35. The molecule has 25 heavy (non-hydrogen) atoms. The first-order chi connectivity index (χ1) is 12.3. The number of carbonyl (C=O) groups excluding carboxylic acids is 1. The zero-order valence-corrected chi connectivity index (χ0v) is 14.1. The van der Waals surface area contributed by atoms with Crippen molar-refractivity contribution in [3.05, 3.63) is 66.2 Å². The zero-order valence-electron chi connectivity index (χ0n) is 14.1. The van der Waals surface area contributed by atoms with Crippen LogP contribution in [-0.4, -0.2) is 24.0 Å². The van der Waals surface area contributed by atoms with Crippen molar-refractivity contribution in [2.75, 3.05) is 23.3 Å². The summed E-state index contributed by atoms with van der Waals surface area (Å²) < 4.78 is 0. The van der Waals surface area contributed by atoms with Gasteiger partial charge in [-0.15, -0.1) is 0 Å². The van der Waals surface area contributed by atoms with Crippen LogP contribution in [0.4, 0.5) is 11.5 Å². The average molecular weight is 331 g/mol. The van der Waals surface area contributed by atoms with E-state index in [1.54, 1.807) is 0 Å². The number of para-hydroxylation sites is 1. The van der Waals surface area contributed by atoms with Crippen LogP contribution in [0.1, 0.15) is 29.6 Å². The minimum Gasteiger partial charge on any atom is -0.356 e. The minimum atomic E-state index is -0.0968. The second kappa shape index (κ2) is 6.93. The molecule has 0 radical (unpaired) electrons. The van der Waals surface area contributed by atoms with E-state index in [9.17, 15) is 4.79 Å². The molecule has 126 valence electrons. The van der Waals surface area contributed by atoms with Gasteiger partial charge in [-0.05, 0) is 37.5 Å². The third kappa shape index (κ3) is 3.20. The molecule has 0 unspecified atom stereocenters. The molecule has 2 heterocycles. The molecule has 4 nitrogen and oxygen atoms in total. The van der Waals surface area contributed by atoms with Crippen LogP contribution in [-0.2, 0) is 0 Å². The second-order valence-electron chi connectivity index (χ2n) is 6.39. The van der Waals surface area contributed by atoms with Crippen molar-refractivity contribution in [3.63, 3.8) is 0 Å². The fourth-order valence-corrected chi connectivity index (χ4v) is 3.41. The molecule has 0 bridgehead atoms. The smallest absolute Gasteiger partial charge is 0.260 e. The van der Waals surface area contributed by atoms with E-state index < -0.39 is 0 Å². The molecule has 0 spiro atoms. The summed E-state index contributed by atoms with van der Waals surface area (Å²) in [6.45, 7) is 1.92. The number of fused-ring (bicyclic) bond motifs is 1. The zero-order chi connectivity index (χ0) is 17.1. The highest BCUT2D eigenvalue weighted by Gasteiger charge is 2.27. The molecule has 1 aromatic carbocycles. The standard InChI is InChI=1S/C21H21N3O/c25-21(22-16-10-4-1-5-11-16)19-17-12-6-2-7-13-18(17)23-20(19)24-14-8-3-9-15-24/h1-2,4-7,10-13H,3,8-9,14-15H2,(H,22,25). The normalized spacial score (nSPS) is 14.5. The molecule has 0 aromatic heterocycles. The average Bonchev–Trinajstić information content (AvgIpc) is 2.86. The summed E-state index contributed by atoms with van der Waals surface area (Å²) in [6.07, 6.45) is 3.55. The number of nitrogens with zero attached hydrogens (tertiary/aromatic N) is 2. The first-order valence-corrected chi connectivity index (χ1v) is 8.83. The van der Waals surface area contributed by atoms with E-state index >= 15 is 0 Å². The number of carbonyl (C=O) groups is 1. The third-order valence-electron chi connectivity index (χ3n) is 4.65. The predicted octanol–water partition coefficient (Wildman–Crippen LogP) is 4.43. The number of hydrogen-bond donors (Lipinski definition) is 1. The maximum Gasteiger partial charge on any atom is 0.260 e. The lowest BCUT2D eigenvalue weighted by atomic mass is 10.1. The van der Waals surface area contributed by atoms with Crippen LogP contribution in [0.3, 0.4) is 0 Å². The van der Waals surface area contributed by atoms with Crippen molar-refractivity contribution in [2.45, 2.75) is 19.3 Å². The highest BCUT2D eigenvalue weighted by atomic mass is 16.1. The Labute approximate surface area is 147 Å². The molecule has 2 aliphatic heterocycles. The number of rotatable bonds is 3. The van der Waals surface area contributed by atoms with Gasteiger partial charge in [0.25, 0.3) is 5.91 Å². The summed E-state index contributed by atoms with van der Waals surface area (Å²) in [4.78, 5) is 20.1. The summed E-state index contributed by atoms with van der Waals surface area (Å²) in [5, 5.41) is 3.02. The number of piperidine rings is 1. The van der Waals surface area contributed by atoms with Gasteiger partial charge in [0.1, 0.15) is 5.82 Å². The topological polar surface area (TPSA) is 45.2 Å². The van der Waals surface area contributed by atoms with Crippen molar-refractivity contribution in [1.29, 1.82) is 0 Å². The van der Waals surface area contributed by atoms with Crippen LogP contribution < -0.4 is 10.2 Å². The van der Waals surface area contributed by atoms with Crippen LogP contribution in [0.15, 0.2) is 60.7 Å². The van der Waals surface area contributed by atoms with Gasteiger partial charge < -0.3 is 10.2 Å². The molecule has 4 rings (SSSR count). The number of nitrogens with one attached hydrogen (secondary N) is 1. The summed E-state index contributed by atoms with van der Waals surface area (Å²) >= 11 is 0. The molecule has 1 aliphatic carbocycles. The van der Waals surface area contributed by atoms with Crippen LogP contribution in [0.5, 0.6) is 0 Å². The van der Waals surface area contributed by atoms with Crippen molar-refractivity contribution in [3.8, 4) is 11.3 Å². The van der Waals surface area contributed by atoms with Gasteiger partial charge in [-0.1, -0.05) is 42.5 Å². The fourth-order valence-electron chi connectivity index (χ4n) is 3.41. The lowest BCUT2D eigenvalue weighted by Gasteiger charge is -2.27. The minimum absolute atomic E-state index is 0.0968. The molecule has 1 fully saturated rings. The number of anilines is 2. The lowest BCUT2D eigenvalue weighted by molar-refractivity contribution is 0.102. The van der Waals surface area contributed by atoms with Gasteiger partial charge in [0.05, 0.1) is 11.3 Å². The first kappa shape index (κ1) is 15.6. The van der Waals surface area contributed by atoms with Gasteiger partial charge in [-0.3, -0.25) is 4.79 Å². The maximum absolute atomic E-state index is 13.1. The second-order valence-corrected chi connectivity index (χ2v) is 6.39. The van der Waals surface area contributed by atoms with Gasteiger partial charge >= 0.3 is 0 Å². The molecule has 0 saturated carbocycles. The number of aromatic nitrogens is 1. The molecule has 1 amide bonds. The molecular formula is C21H21N3O. The number of benzene rings is 1. The SMILES string of the molecule is O=C(Nc1ccccc1)c1c2cccccc-2nc1N1CCCCC1. The van der Waals surface area contributed by atoms with Crippen molar-refractivity contribution >= 4 is 17.4 Å². The Morgan fingerprint density at radius 1 is 0.880 bits per heavy atom. The summed E-state index contributed by atoms with van der Waals surface area (Å²) in [7, 11) is 0. The Balaban J connectivity index is 1.76. The Bertz CT molecular complexity index is 841. The van der Waals surface area contributed by atoms with Gasteiger partial charge in [-0.25, -0.2) is 4.98 Å². The number of hydrogen-bond acceptors (Lipinski definition) is 3. The summed E-state index contributed by atoms with van der Waals surface area (Å²) in [5.74, 6) is 0.717. The third-order valence-corrected chi connectivity index (χ3v) is 4.65. The first-order valence-electron chi connectivity index (χ1n) is 8.83. The van der Waals surface area contributed by atoms with E-state index in [2.05, 4.69) is 10.2 Å². The predicted molar refractivity (Wildman–Crippen MR) is 101 cm³/mol. The van der Waals surface area contributed by atoms with Crippen LogP contribution in [0, 0.1) is 0 Å². The van der Waals surface area contributed by atoms with Crippen molar-refractivity contribution < 1.29 is 4.79 Å². The lowest BCUT2D eigenvalue weighted by Crippen LogP contribution is -2.31. The molecule has 1 aromatic rings. The summed E-state index contributed by atoms with van der Waals surface area (Å²) in [6, 6.07) is 19.4. The molecule has 3 aliphatic rings. The van der Waals surface area contributed by atoms with E-state index in [4.69, 9.17) is 4.98 Å². The Morgan fingerprint density at radius 2 is 1.56 bits per heavy atom. The van der Waals surface area contributed by atoms with Gasteiger partial charge in [0, 0.05) is 24.3 Å². The van der Waals surface area contributed by atoms with Gasteiger partial charge in [0.2, 0.25) is 0 Å². The molecule has 1 saturated heterocycles. The highest BCUT2D eigenvalue weighted by molar-refractivity contribution is 6.13. The maximum atomic E-state index is 13.1. The molecular weight excluding hydrogens is 310 g/mol. The van der Waals surface area contributed by atoms with Crippen LogP contribution in [0.2, 0.25) is 0 Å². The Hall–Kier alpha value is -2.88. The Morgan fingerprint density at radius 3 is 2.32 bits per heavy atom. The largest absolute Gasteiger partial charge is 0.356 e. The van der Waals surface area contributed by atoms with Crippen molar-refractivity contribution in [1.82, 2.24) is 4.98 Å². The van der Waals surface area contributed by atoms with E-state index in [0.29, 0.717) is 5.56 Å². The van der Waals surface area contributed by atoms with E-state index in [0.717, 1.165) is 48.7 Å². The monoisotopic (exact) mass is 331 g/mol. The Kier molecular flexibility index (Phi) is 4.34. The van der Waals surface area contributed by atoms with Gasteiger partial charge in [0.15, 0.2) is 0 Å². The van der Waals surface area contributed by atoms with E-state index in [-0.39, 0.29) is 5.91 Å². The van der Waals surface area contributed by atoms with Crippen molar-refractivity contribution in [2.24, 2.45) is 0 Å². The quantitative estimate of drug-likeness (QED) is 0.772. The van der Waals surface area contributed by atoms with E-state index in [1.165, 1.54) is 6.42 Å². The summed E-state index contributed by atoms with van der Waals surface area (Å²) in [5.41, 5.74) is 3.24. The molecule has 1 N–H and O–H groups in total. The van der Waals surface area contributed by atoms with Crippen LogP contribution in [0.25, 0.3) is 11.3 Å².